The van der Waals surface area contributed by atoms with Crippen molar-refractivity contribution < 1.29 is 14.7 Å². The van der Waals surface area contributed by atoms with Crippen LogP contribution in [0.2, 0.25) is 0 Å². The van der Waals surface area contributed by atoms with Crippen molar-refractivity contribution in [3.63, 3.8) is 0 Å². The number of Topliss-reactive ketones (excluding diaryl/α,β-unsaturated/α-hetero) is 1. The Morgan fingerprint density at radius 2 is 1.88 bits per heavy atom. The minimum Gasteiger partial charge on any atom is -0.396 e. The Kier molecular flexibility index (Phi) is 4.95. The lowest BCUT2D eigenvalue weighted by Gasteiger charge is -2.07. The Hall–Kier alpha value is -2.92. The summed E-state index contributed by atoms with van der Waals surface area (Å²) in [6.07, 6.45) is 2.19. The van der Waals surface area contributed by atoms with Gasteiger partial charge in [-0.15, -0.1) is 0 Å². The number of carbonyl (C=O) groups is 2. The number of hydrogen-bond donors (Lipinski definition) is 2. The number of aryl methyl sites for hydroxylation is 1. The number of fused-ring (bicyclic) bond motifs is 1. The van der Waals surface area contributed by atoms with Crippen LogP contribution in [0.25, 0.3) is 16.6 Å². The fraction of sp³-hybridized carbons (Fsp3) is 0.200. The van der Waals surface area contributed by atoms with Gasteiger partial charge < -0.3 is 14.8 Å². The quantitative estimate of drug-likeness (QED) is 0.413. The summed E-state index contributed by atoms with van der Waals surface area (Å²) in [6, 6.07) is 15.4. The SMILES string of the molecule is Cc1ccc(-c2cc3ccccn3c2C(=O)C(=O)NCCCO)cc1. The first-order valence-electron chi connectivity index (χ1n) is 8.22. The first-order valence-corrected chi connectivity index (χ1v) is 8.22. The Morgan fingerprint density at radius 1 is 1.12 bits per heavy atom. The van der Waals surface area contributed by atoms with Crippen LogP contribution in [0, 0.1) is 6.92 Å². The number of amides is 1. The van der Waals surface area contributed by atoms with E-state index in [9.17, 15) is 9.59 Å². The van der Waals surface area contributed by atoms with Crippen molar-refractivity contribution in [2.24, 2.45) is 0 Å². The van der Waals surface area contributed by atoms with Gasteiger partial charge in [0.25, 0.3) is 11.7 Å². The lowest BCUT2D eigenvalue weighted by Crippen LogP contribution is -2.33. The molecule has 2 N–H and O–H groups in total. The zero-order valence-corrected chi connectivity index (χ0v) is 14.0. The molecule has 25 heavy (non-hydrogen) atoms. The summed E-state index contributed by atoms with van der Waals surface area (Å²) in [5.41, 5.74) is 3.95. The van der Waals surface area contributed by atoms with Crippen molar-refractivity contribution in [1.82, 2.24) is 9.72 Å². The van der Waals surface area contributed by atoms with Gasteiger partial charge in [0.05, 0.1) is 0 Å². The number of carbonyl (C=O) groups excluding carboxylic acids is 2. The molecule has 0 spiro atoms. The van der Waals surface area contributed by atoms with Crippen LogP contribution in [0.4, 0.5) is 0 Å². The highest BCUT2D eigenvalue weighted by Gasteiger charge is 2.24. The van der Waals surface area contributed by atoms with E-state index in [1.165, 1.54) is 0 Å². The number of nitrogens with zero attached hydrogens (tertiary/aromatic N) is 1. The van der Waals surface area contributed by atoms with Gasteiger partial charge >= 0.3 is 0 Å². The van der Waals surface area contributed by atoms with Crippen molar-refractivity contribution in [3.8, 4) is 11.1 Å². The van der Waals surface area contributed by atoms with Crippen molar-refractivity contribution >= 4 is 17.2 Å². The van der Waals surface area contributed by atoms with Gasteiger partial charge in [0.1, 0.15) is 5.69 Å². The second-order valence-corrected chi connectivity index (χ2v) is 5.93. The molecule has 0 aliphatic rings. The van der Waals surface area contributed by atoms with E-state index in [0.717, 1.165) is 22.2 Å². The molecule has 128 valence electrons. The van der Waals surface area contributed by atoms with Gasteiger partial charge in [-0.1, -0.05) is 35.9 Å². The molecule has 0 aliphatic carbocycles. The van der Waals surface area contributed by atoms with E-state index in [1.807, 2.05) is 55.5 Å². The largest absolute Gasteiger partial charge is 0.396 e. The zero-order chi connectivity index (χ0) is 17.8. The third kappa shape index (κ3) is 3.46. The summed E-state index contributed by atoms with van der Waals surface area (Å²) in [7, 11) is 0. The van der Waals surface area contributed by atoms with Gasteiger partial charge in [-0.3, -0.25) is 9.59 Å². The first kappa shape index (κ1) is 16.9. The van der Waals surface area contributed by atoms with Crippen molar-refractivity contribution in [3.05, 3.63) is 66.0 Å². The molecule has 0 bridgehead atoms. The Balaban J connectivity index is 2.06. The average molecular weight is 336 g/mol. The van der Waals surface area contributed by atoms with Crippen LogP contribution in [0.1, 0.15) is 22.5 Å². The van der Waals surface area contributed by atoms with Crippen LogP contribution in [0.15, 0.2) is 54.7 Å². The van der Waals surface area contributed by atoms with Crippen LogP contribution < -0.4 is 5.32 Å². The molecule has 0 fully saturated rings. The van der Waals surface area contributed by atoms with Gasteiger partial charge in [-0.2, -0.15) is 0 Å². The standard InChI is InChI=1S/C20H20N2O3/c1-14-6-8-15(9-7-14)17-13-16-5-2-3-11-22(16)18(17)19(24)20(25)21-10-4-12-23/h2-3,5-9,11,13,23H,4,10,12H2,1H3,(H,21,25). The van der Waals surface area contributed by atoms with E-state index in [2.05, 4.69) is 5.32 Å². The lowest BCUT2D eigenvalue weighted by atomic mass is 10.0. The van der Waals surface area contributed by atoms with Crippen LogP contribution in [0.3, 0.4) is 0 Å². The average Bonchev–Trinajstić information content (AvgIpc) is 3.01. The van der Waals surface area contributed by atoms with Crippen LogP contribution in [0.5, 0.6) is 0 Å². The van der Waals surface area contributed by atoms with Crippen molar-refractivity contribution in [1.29, 1.82) is 0 Å². The summed E-state index contributed by atoms with van der Waals surface area (Å²) in [5.74, 6) is -1.25. The predicted molar refractivity (Wildman–Crippen MR) is 96.6 cm³/mol. The number of aromatic nitrogens is 1. The Bertz CT molecular complexity index is 910. The summed E-state index contributed by atoms with van der Waals surface area (Å²) in [5, 5.41) is 11.4. The molecule has 1 aromatic carbocycles. The van der Waals surface area contributed by atoms with Crippen LogP contribution >= 0.6 is 0 Å². The molecule has 1 amide bonds. The number of nitrogens with one attached hydrogen (secondary N) is 1. The second-order valence-electron chi connectivity index (χ2n) is 5.93. The number of rotatable bonds is 6. The van der Waals surface area contributed by atoms with E-state index >= 15 is 0 Å². The fourth-order valence-electron chi connectivity index (χ4n) is 2.78. The van der Waals surface area contributed by atoms with Gasteiger partial charge in [0, 0.05) is 30.4 Å². The van der Waals surface area contributed by atoms with Crippen molar-refractivity contribution in [2.75, 3.05) is 13.2 Å². The van der Waals surface area contributed by atoms with E-state index in [4.69, 9.17) is 5.11 Å². The maximum absolute atomic E-state index is 12.8. The fourth-order valence-corrected chi connectivity index (χ4v) is 2.78. The van der Waals surface area contributed by atoms with Gasteiger partial charge in [0.2, 0.25) is 0 Å². The number of ketones is 1. The Labute approximate surface area is 145 Å². The number of aliphatic hydroxyl groups is 1. The maximum Gasteiger partial charge on any atom is 0.294 e. The summed E-state index contributed by atoms with van der Waals surface area (Å²) in [4.78, 5) is 25.0. The molecular weight excluding hydrogens is 316 g/mol. The third-order valence-electron chi connectivity index (χ3n) is 4.08. The minimum atomic E-state index is -0.661. The normalized spacial score (nSPS) is 10.8. The van der Waals surface area contributed by atoms with Gasteiger partial charge in [0.15, 0.2) is 0 Å². The van der Waals surface area contributed by atoms with E-state index in [1.54, 1.807) is 10.6 Å². The molecule has 0 saturated heterocycles. The number of aliphatic hydroxyl groups excluding tert-OH is 1. The zero-order valence-electron chi connectivity index (χ0n) is 14.0. The van der Waals surface area contributed by atoms with E-state index in [0.29, 0.717) is 12.1 Å². The second kappa shape index (κ2) is 7.32. The minimum absolute atomic E-state index is 0.0306. The van der Waals surface area contributed by atoms with Gasteiger partial charge in [-0.25, -0.2) is 0 Å². The highest BCUT2D eigenvalue weighted by molar-refractivity contribution is 6.43. The molecule has 3 rings (SSSR count). The summed E-state index contributed by atoms with van der Waals surface area (Å²) >= 11 is 0. The van der Waals surface area contributed by atoms with E-state index < -0.39 is 11.7 Å². The molecule has 0 unspecified atom stereocenters. The van der Waals surface area contributed by atoms with Gasteiger partial charge in [-0.05, 0) is 37.1 Å². The number of hydrogen-bond acceptors (Lipinski definition) is 3. The predicted octanol–water partition coefficient (Wildman–Crippen LogP) is 2.60. The van der Waals surface area contributed by atoms with E-state index in [-0.39, 0.29) is 13.2 Å². The molecule has 5 nitrogen and oxygen atoms in total. The first-order chi connectivity index (χ1) is 12.1. The van der Waals surface area contributed by atoms with Crippen molar-refractivity contribution in [2.45, 2.75) is 13.3 Å². The molecular formula is C20H20N2O3. The lowest BCUT2D eigenvalue weighted by molar-refractivity contribution is -0.117. The molecule has 0 aliphatic heterocycles. The topological polar surface area (TPSA) is 70.8 Å². The molecule has 2 aromatic heterocycles. The smallest absolute Gasteiger partial charge is 0.294 e. The molecule has 0 radical (unpaired) electrons. The molecule has 0 atom stereocenters. The maximum atomic E-state index is 12.8. The Morgan fingerprint density at radius 3 is 2.60 bits per heavy atom. The third-order valence-corrected chi connectivity index (χ3v) is 4.08. The van der Waals surface area contributed by atoms with Crippen LogP contribution in [-0.2, 0) is 4.79 Å². The monoisotopic (exact) mass is 336 g/mol. The number of pyridine rings is 1. The summed E-state index contributed by atoms with van der Waals surface area (Å²) in [6.45, 7) is 2.24. The molecule has 3 aromatic rings. The number of benzene rings is 1. The highest BCUT2D eigenvalue weighted by atomic mass is 16.3. The summed E-state index contributed by atoms with van der Waals surface area (Å²) < 4.78 is 1.74. The molecule has 0 saturated carbocycles. The molecule has 2 heterocycles. The highest BCUT2D eigenvalue weighted by Crippen LogP contribution is 2.28. The molecule has 5 heteroatoms. The van der Waals surface area contributed by atoms with Crippen LogP contribution in [-0.4, -0.2) is 34.3 Å².